The lowest BCUT2D eigenvalue weighted by molar-refractivity contribution is 0.0497. The summed E-state index contributed by atoms with van der Waals surface area (Å²) in [7, 11) is 0. The molecule has 1 saturated heterocycles. The lowest BCUT2D eigenvalue weighted by atomic mass is 10.0. The van der Waals surface area contributed by atoms with Gasteiger partial charge in [0.25, 0.3) is 0 Å². The Kier molecular flexibility index (Phi) is 5.96. The maximum atomic E-state index is 12.0. The van der Waals surface area contributed by atoms with Gasteiger partial charge in [0.1, 0.15) is 16.6 Å². The molecular formula is C23H26ClN5O2. The fraction of sp³-hybridized carbons (Fsp3) is 0.391. The van der Waals surface area contributed by atoms with Gasteiger partial charge in [0.15, 0.2) is 0 Å². The molecule has 0 atom stereocenters. The number of halogens is 1. The van der Waals surface area contributed by atoms with Crippen molar-refractivity contribution in [3.05, 3.63) is 47.9 Å². The Balaban J connectivity index is 1.42. The monoisotopic (exact) mass is 439 g/mol. The van der Waals surface area contributed by atoms with Gasteiger partial charge in [0, 0.05) is 48.5 Å². The molecule has 4 rings (SSSR count). The van der Waals surface area contributed by atoms with Crippen LogP contribution in [0.5, 0.6) is 0 Å². The number of piperidine rings is 1. The summed E-state index contributed by atoms with van der Waals surface area (Å²) in [6.45, 7) is 7.22. The van der Waals surface area contributed by atoms with Crippen molar-refractivity contribution in [2.24, 2.45) is 0 Å². The molecule has 162 valence electrons. The highest BCUT2D eigenvalue weighted by molar-refractivity contribution is 6.30. The number of hydrogen-bond acceptors (Lipinski definition) is 6. The van der Waals surface area contributed by atoms with Crippen molar-refractivity contribution in [2.75, 3.05) is 18.0 Å². The molecule has 0 aliphatic carbocycles. The number of hydrogen-bond donors (Lipinski definition) is 1. The second-order valence-electron chi connectivity index (χ2n) is 8.68. The van der Waals surface area contributed by atoms with Crippen LogP contribution in [0.25, 0.3) is 22.2 Å². The highest BCUT2D eigenvalue weighted by atomic mass is 35.5. The third kappa shape index (κ3) is 5.22. The Morgan fingerprint density at radius 1 is 1.19 bits per heavy atom. The molecule has 8 heteroatoms. The minimum atomic E-state index is -0.490. The largest absolute Gasteiger partial charge is 0.444 e. The number of nitrogens with zero attached hydrogens (tertiary/aromatic N) is 4. The number of fused-ring (bicyclic) bond motifs is 1. The number of ether oxygens (including phenoxy) is 1. The van der Waals surface area contributed by atoms with E-state index in [2.05, 4.69) is 25.2 Å². The fourth-order valence-corrected chi connectivity index (χ4v) is 3.89. The number of carbonyl (C=O) groups is 1. The molecule has 0 unspecified atom stereocenters. The number of aromatic nitrogens is 3. The number of anilines is 1. The highest BCUT2D eigenvalue weighted by Crippen LogP contribution is 2.29. The lowest BCUT2D eigenvalue weighted by Crippen LogP contribution is -2.46. The minimum absolute atomic E-state index is 0.111. The Hall–Kier alpha value is -2.93. The fourth-order valence-electron chi connectivity index (χ4n) is 3.71. The van der Waals surface area contributed by atoms with Crippen molar-refractivity contribution in [2.45, 2.75) is 45.3 Å². The van der Waals surface area contributed by atoms with Crippen molar-refractivity contribution in [3.63, 3.8) is 0 Å². The van der Waals surface area contributed by atoms with E-state index in [9.17, 15) is 4.79 Å². The van der Waals surface area contributed by atoms with Crippen molar-refractivity contribution in [1.29, 1.82) is 0 Å². The predicted molar refractivity (Wildman–Crippen MR) is 122 cm³/mol. The van der Waals surface area contributed by atoms with Crippen LogP contribution in [0, 0.1) is 0 Å². The number of amides is 1. The zero-order valence-electron chi connectivity index (χ0n) is 17.9. The molecule has 4 heterocycles. The summed E-state index contributed by atoms with van der Waals surface area (Å²) in [5, 5.41) is 4.31. The Morgan fingerprint density at radius 2 is 1.97 bits per heavy atom. The molecule has 0 bridgehead atoms. The molecule has 0 radical (unpaired) electrons. The van der Waals surface area contributed by atoms with E-state index in [0.717, 1.165) is 53.9 Å². The van der Waals surface area contributed by atoms with Crippen LogP contribution in [0.1, 0.15) is 33.6 Å². The zero-order chi connectivity index (χ0) is 22.0. The van der Waals surface area contributed by atoms with E-state index in [0.29, 0.717) is 5.15 Å². The topological polar surface area (TPSA) is 80.2 Å². The molecule has 0 aromatic carbocycles. The summed E-state index contributed by atoms with van der Waals surface area (Å²) >= 11 is 6.19. The van der Waals surface area contributed by atoms with E-state index in [-0.39, 0.29) is 12.1 Å². The quantitative estimate of drug-likeness (QED) is 0.588. The lowest BCUT2D eigenvalue weighted by Gasteiger charge is -2.33. The summed E-state index contributed by atoms with van der Waals surface area (Å²) in [6, 6.07) is 9.76. The molecule has 1 fully saturated rings. The molecule has 3 aromatic heterocycles. The molecule has 3 aromatic rings. The normalized spacial score (nSPS) is 15.2. The van der Waals surface area contributed by atoms with E-state index in [1.165, 1.54) is 0 Å². The van der Waals surface area contributed by atoms with Crippen LogP contribution in [0.4, 0.5) is 10.6 Å². The van der Waals surface area contributed by atoms with Crippen LogP contribution in [0.3, 0.4) is 0 Å². The summed E-state index contributed by atoms with van der Waals surface area (Å²) in [5.74, 6) is 0.906. The number of alkyl carbamates (subject to hydrolysis) is 1. The molecule has 1 aliphatic rings. The van der Waals surface area contributed by atoms with Gasteiger partial charge in [0.05, 0.1) is 11.2 Å². The van der Waals surface area contributed by atoms with Crippen molar-refractivity contribution >= 4 is 34.4 Å². The predicted octanol–water partition coefficient (Wildman–Crippen LogP) is 4.84. The van der Waals surface area contributed by atoms with Crippen LogP contribution in [-0.4, -0.2) is 45.8 Å². The first-order valence-corrected chi connectivity index (χ1v) is 10.8. The molecule has 1 N–H and O–H groups in total. The van der Waals surface area contributed by atoms with Gasteiger partial charge in [-0.2, -0.15) is 0 Å². The summed E-state index contributed by atoms with van der Waals surface area (Å²) in [6.07, 6.45) is 4.89. The molecule has 31 heavy (non-hydrogen) atoms. The Morgan fingerprint density at radius 3 is 2.65 bits per heavy atom. The molecule has 0 spiro atoms. The molecule has 7 nitrogen and oxygen atoms in total. The van der Waals surface area contributed by atoms with Crippen LogP contribution < -0.4 is 10.2 Å². The highest BCUT2D eigenvalue weighted by Gasteiger charge is 2.24. The SMILES string of the molecule is CC(C)(C)OC(=O)NC1CCN(c2ccc(-c3nc(Cl)cc4ncccc34)cn2)CC1. The first-order chi connectivity index (χ1) is 14.8. The van der Waals surface area contributed by atoms with Gasteiger partial charge in [-0.3, -0.25) is 4.98 Å². The van der Waals surface area contributed by atoms with E-state index in [4.69, 9.17) is 16.3 Å². The molecule has 1 aliphatic heterocycles. The smallest absolute Gasteiger partial charge is 0.407 e. The number of nitrogens with one attached hydrogen (secondary N) is 1. The van der Waals surface area contributed by atoms with Crippen LogP contribution in [0.15, 0.2) is 42.7 Å². The summed E-state index contributed by atoms with van der Waals surface area (Å²) in [4.78, 5) is 27.7. The van der Waals surface area contributed by atoms with E-state index < -0.39 is 5.60 Å². The van der Waals surface area contributed by atoms with Crippen LogP contribution >= 0.6 is 11.6 Å². The second-order valence-corrected chi connectivity index (χ2v) is 9.06. The average Bonchev–Trinajstić information content (AvgIpc) is 2.72. The summed E-state index contributed by atoms with van der Waals surface area (Å²) in [5.41, 5.74) is 1.98. The Labute approximate surface area is 186 Å². The van der Waals surface area contributed by atoms with Gasteiger partial charge in [-0.1, -0.05) is 11.6 Å². The van der Waals surface area contributed by atoms with Crippen molar-refractivity contribution < 1.29 is 9.53 Å². The molecule has 0 saturated carbocycles. The number of rotatable bonds is 3. The standard InChI is InChI=1S/C23H26ClN5O2/c1-23(2,3)31-22(30)27-16-8-11-29(12-9-16)20-7-6-15(14-26-20)21-17-5-4-10-25-18(17)13-19(24)28-21/h4-7,10,13-14,16H,8-9,11-12H2,1-3H3,(H,27,30). The van der Waals surface area contributed by atoms with Crippen LogP contribution in [0.2, 0.25) is 5.15 Å². The molecule has 1 amide bonds. The van der Waals surface area contributed by atoms with Gasteiger partial charge in [-0.05, 0) is 57.9 Å². The van der Waals surface area contributed by atoms with Crippen molar-refractivity contribution in [1.82, 2.24) is 20.3 Å². The Bertz CT molecular complexity index is 1070. The molecular weight excluding hydrogens is 414 g/mol. The summed E-state index contributed by atoms with van der Waals surface area (Å²) < 4.78 is 5.35. The van der Waals surface area contributed by atoms with E-state index in [1.54, 1.807) is 12.3 Å². The van der Waals surface area contributed by atoms with Gasteiger partial charge < -0.3 is 15.0 Å². The third-order valence-electron chi connectivity index (χ3n) is 5.13. The van der Waals surface area contributed by atoms with Gasteiger partial charge in [0.2, 0.25) is 0 Å². The zero-order valence-corrected chi connectivity index (χ0v) is 18.7. The second kappa shape index (κ2) is 8.67. The first kappa shape index (κ1) is 21.3. The third-order valence-corrected chi connectivity index (χ3v) is 5.32. The van der Waals surface area contributed by atoms with Crippen LogP contribution in [-0.2, 0) is 4.74 Å². The van der Waals surface area contributed by atoms with Gasteiger partial charge in [-0.15, -0.1) is 0 Å². The van der Waals surface area contributed by atoms with Gasteiger partial charge >= 0.3 is 6.09 Å². The van der Waals surface area contributed by atoms with E-state index in [1.807, 2.05) is 51.2 Å². The first-order valence-electron chi connectivity index (χ1n) is 10.4. The average molecular weight is 440 g/mol. The maximum absolute atomic E-state index is 12.0. The van der Waals surface area contributed by atoms with E-state index >= 15 is 0 Å². The maximum Gasteiger partial charge on any atom is 0.407 e. The van der Waals surface area contributed by atoms with Crippen molar-refractivity contribution in [3.8, 4) is 11.3 Å². The minimum Gasteiger partial charge on any atom is -0.444 e. The van der Waals surface area contributed by atoms with Gasteiger partial charge in [-0.25, -0.2) is 14.8 Å². The number of carbonyl (C=O) groups excluding carboxylic acids is 1. The number of pyridine rings is 3.